The van der Waals surface area contributed by atoms with Crippen LogP contribution in [0.1, 0.15) is 28.9 Å². The van der Waals surface area contributed by atoms with E-state index in [1.165, 1.54) is 0 Å². The molecular formula is C16H13N3O2. The second-order valence-corrected chi connectivity index (χ2v) is 4.78. The van der Waals surface area contributed by atoms with E-state index in [9.17, 15) is 9.59 Å². The smallest absolute Gasteiger partial charge is 0.270 e. The maximum Gasteiger partial charge on any atom is 0.270 e. The molecule has 5 heteroatoms. The van der Waals surface area contributed by atoms with Crippen LogP contribution < -0.4 is 5.56 Å². The first-order valence-corrected chi connectivity index (χ1v) is 6.61. The summed E-state index contributed by atoms with van der Waals surface area (Å²) in [5, 5.41) is 0. The highest BCUT2D eigenvalue weighted by Gasteiger charge is 2.22. The normalized spacial score (nSPS) is 12.2. The van der Waals surface area contributed by atoms with Crippen LogP contribution >= 0.6 is 0 Å². The van der Waals surface area contributed by atoms with Crippen LogP contribution in [0, 0.1) is 0 Å². The van der Waals surface area contributed by atoms with Crippen LogP contribution in [0.4, 0.5) is 0 Å². The number of carbonyl (C=O) groups excluding carboxylic acids is 1. The summed E-state index contributed by atoms with van der Waals surface area (Å²) < 4.78 is 0. The Morgan fingerprint density at radius 1 is 1.14 bits per heavy atom. The van der Waals surface area contributed by atoms with Crippen molar-refractivity contribution in [3.63, 3.8) is 0 Å². The molecule has 0 aliphatic carbocycles. The Labute approximate surface area is 120 Å². The van der Waals surface area contributed by atoms with Gasteiger partial charge in [-0.15, -0.1) is 0 Å². The SMILES string of the molecule is CC(C(=O)c1ccccc1)c1nc2ncccc2[nH]c1=O. The molecule has 2 heterocycles. The molecule has 0 aliphatic heterocycles. The predicted molar refractivity (Wildman–Crippen MR) is 79.3 cm³/mol. The van der Waals surface area contributed by atoms with Crippen molar-refractivity contribution in [2.75, 3.05) is 0 Å². The van der Waals surface area contributed by atoms with Gasteiger partial charge in [0.15, 0.2) is 11.4 Å². The van der Waals surface area contributed by atoms with Crippen LogP contribution in [0.25, 0.3) is 11.2 Å². The number of hydrogen-bond donors (Lipinski definition) is 1. The molecule has 0 saturated carbocycles. The minimum atomic E-state index is -0.623. The van der Waals surface area contributed by atoms with Crippen molar-refractivity contribution in [1.29, 1.82) is 0 Å². The van der Waals surface area contributed by atoms with Crippen LogP contribution in [-0.2, 0) is 0 Å². The summed E-state index contributed by atoms with van der Waals surface area (Å²) >= 11 is 0. The molecule has 21 heavy (non-hydrogen) atoms. The molecule has 1 atom stereocenters. The third kappa shape index (κ3) is 2.45. The fourth-order valence-electron chi connectivity index (χ4n) is 2.20. The van der Waals surface area contributed by atoms with Crippen LogP contribution in [0.15, 0.2) is 53.5 Å². The lowest BCUT2D eigenvalue weighted by atomic mass is 9.96. The maximum atomic E-state index is 12.4. The molecule has 0 bridgehead atoms. The molecule has 1 N–H and O–H groups in total. The quantitative estimate of drug-likeness (QED) is 0.746. The molecule has 0 saturated heterocycles. The fourth-order valence-corrected chi connectivity index (χ4v) is 2.20. The van der Waals surface area contributed by atoms with Gasteiger partial charge in [-0.25, -0.2) is 9.97 Å². The van der Waals surface area contributed by atoms with Crippen molar-refractivity contribution in [2.24, 2.45) is 0 Å². The number of benzene rings is 1. The number of ketones is 1. The summed E-state index contributed by atoms with van der Waals surface area (Å²) in [5.41, 5.74) is 1.39. The number of Topliss-reactive ketones (excluding diaryl/α,β-unsaturated/α-hetero) is 1. The number of rotatable bonds is 3. The Morgan fingerprint density at radius 2 is 1.90 bits per heavy atom. The minimum absolute atomic E-state index is 0.135. The zero-order valence-electron chi connectivity index (χ0n) is 11.4. The van der Waals surface area contributed by atoms with E-state index in [4.69, 9.17) is 0 Å². The highest BCUT2D eigenvalue weighted by Crippen LogP contribution is 2.17. The van der Waals surface area contributed by atoms with Gasteiger partial charge in [-0.2, -0.15) is 0 Å². The van der Waals surface area contributed by atoms with Crippen LogP contribution in [0.2, 0.25) is 0 Å². The summed E-state index contributed by atoms with van der Waals surface area (Å²) in [7, 11) is 0. The van der Waals surface area contributed by atoms with Crippen molar-refractivity contribution in [2.45, 2.75) is 12.8 Å². The number of fused-ring (bicyclic) bond motifs is 1. The Morgan fingerprint density at radius 3 is 2.67 bits per heavy atom. The molecule has 5 nitrogen and oxygen atoms in total. The largest absolute Gasteiger partial charge is 0.318 e. The van der Waals surface area contributed by atoms with Crippen molar-refractivity contribution in [3.8, 4) is 0 Å². The van der Waals surface area contributed by atoms with Gasteiger partial charge in [-0.1, -0.05) is 30.3 Å². The highest BCUT2D eigenvalue weighted by molar-refractivity contribution is 6.00. The average Bonchev–Trinajstić information content (AvgIpc) is 2.53. The number of nitrogens with zero attached hydrogens (tertiary/aromatic N) is 2. The molecule has 1 unspecified atom stereocenters. The molecule has 3 rings (SSSR count). The third-order valence-electron chi connectivity index (χ3n) is 3.36. The minimum Gasteiger partial charge on any atom is -0.318 e. The molecule has 0 amide bonds. The zero-order chi connectivity index (χ0) is 14.8. The van der Waals surface area contributed by atoms with E-state index < -0.39 is 5.92 Å². The average molecular weight is 279 g/mol. The van der Waals surface area contributed by atoms with Gasteiger partial charge in [-0.3, -0.25) is 9.59 Å². The van der Waals surface area contributed by atoms with Gasteiger partial charge in [-0.05, 0) is 19.1 Å². The second kappa shape index (κ2) is 5.28. The van der Waals surface area contributed by atoms with Gasteiger partial charge in [0, 0.05) is 11.8 Å². The van der Waals surface area contributed by atoms with Gasteiger partial charge in [0.2, 0.25) is 0 Å². The summed E-state index contributed by atoms with van der Waals surface area (Å²) in [6, 6.07) is 12.3. The van der Waals surface area contributed by atoms with Crippen LogP contribution in [0.3, 0.4) is 0 Å². The molecular weight excluding hydrogens is 266 g/mol. The number of nitrogens with one attached hydrogen (secondary N) is 1. The van der Waals surface area contributed by atoms with Crippen molar-refractivity contribution in [3.05, 3.63) is 70.3 Å². The topological polar surface area (TPSA) is 75.7 Å². The molecule has 0 fully saturated rings. The van der Waals surface area contributed by atoms with Crippen LogP contribution in [0.5, 0.6) is 0 Å². The third-order valence-corrected chi connectivity index (χ3v) is 3.36. The summed E-state index contributed by atoms with van der Waals surface area (Å²) in [5.74, 6) is -0.758. The fraction of sp³-hybridized carbons (Fsp3) is 0.125. The number of aromatic nitrogens is 3. The Bertz CT molecular complexity index is 856. The van der Waals surface area contributed by atoms with Crippen molar-refractivity contribution >= 4 is 16.9 Å². The van der Waals surface area contributed by atoms with Crippen molar-refractivity contribution < 1.29 is 4.79 Å². The van der Waals surface area contributed by atoms with E-state index in [-0.39, 0.29) is 17.0 Å². The molecule has 3 aromatic rings. The van der Waals surface area contributed by atoms with E-state index in [2.05, 4.69) is 15.0 Å². The van der Waals surface area contributed by atoms with Gasteiger partial charge in [0.05, 0.1) is 11.4 Å². The van der Waals surface area contributed by atoms with E-state index in [0.29, 0.717) is 16.7 Å². The zero-order valence-corrected chi connectivity index (χ0v) is 11.4. The maximum absolute atomic E-state index is 12.4. The molecule has 2 aromatic heterocycles. The number of pyridine rings is 1. The Kier molecular flexibility index (Phi) is 3.31. The monoisotopic (exact) mass is 279 g/mol. The van der Waals surface area contributed by atoms with E-state index in [0.717, 1.165) is 0 Å². The van der Waals surface area contributed by atoms with Gasteiger partial charge < -0.3 is 4.98 Å². The lowest BCUT2D eigenvalue weighted by Gasteiger charge is -2.09. The molecule has 104 valence electrons. The van der Waals surface area contributed by atoms with E-state index >= 15 is 0 Å². The molecule has 1 aromatic carbocycles. The highest BCUT2D eigenvalue weighted by atomic mass is 16.1. The van der Waals surface area contributed by atoms with Crippen LogP contribution in [-0.4, -0.2) is 20.7 Å². The van der Waals surface area contributed by atoms with Gasteiger partial charge in [0.25, 0.3) is 5.56 Å². The predicted octanol–water partition coefficient (Wildman–Crippen LogP) is 2.30. The number of carbonyl (C=O) groups is 1. The first-order valence-electron chi connectivity index (χ1n) is 6.61. The molecule has 0 spiro atoms. The van der Waals surface area contributed by atoms with Gasteiger partial charge in [0.1, 0.15) is 5.69 Å². The second-order valence-electron chi connectivity index (χ2n) is 4.78. The Balaban J connectivity index is 2.05. The van der Waals surface area contributed by atoms with E-state index in [1.807, 2.05) is 6.07 Å². The molecule has 0 radical (unpaired) electrons. The van der Waals surface area contributed by atoms with E-state index in [1.54, 1.807) is 49.5 Å². The lowest BCUT2D eigenvalue weighted by Crippen LogP contribution is -2.22. The number of aromatic amines is 1. The first-order chi connectivity index (χ1) is 10.2. The lowest BCUT2D eigenvalue weighted by molar-refractivity contribution is 0.0964. The number of H-pyrrole nitrogens is 1. The summed E-state index contributed by atoms with van der Waals surface area (Å²) in [6.45, 7) is 1.68. The summed E-state index contributed by atoms with van der Waals surface area (Å²) in [4.78, 5) is 35.6. The number of hydrogen-bond acceptors (Lipinski definition) is 4. The van der Waals surface area contributed by atoms with Crippen molar-refractivity contribution in [1.82, 2.24) is 15.0 Å². The Hall–Kier alpha value is -2.82. The summed E-state index contributed by atoms with van der Waals surface area (Å²) in [6.07, 6.45) is 1.60. The first kappa shape index (κ1) is 13.2. The van der Waals surface area contributed by atoms with Gasteiger partial charge >= 0.3 is 0 Å². The standard InChI is InChI=1S/C16H13N3O2/c1-10(14(20)11-6-3-2-4-7-11)13-16(21)18-12-8-5-9-17-15(12)19-13/h2-10H,1H3,(H,18,21). The molecule has 0 aliphatic rings.